The van der Waals surface area contributed by atoms with Gasteiger partial charge in [-0.2, -0.15) is 35.9 Å². The maximum atomic E-state index is 4.93. The molecule has 0 unspecified atom stereocenters. The molecular formula is C36H35Cl2NSi2Zr. The third-order valence-corrected chi connectivity index (χ3v) is 9.16. The normalized spacial score (nSPS) is 11.1. The van der Waals surface area contributed by atoms with Crippen molar-refractivity contribution in [2.75, 3.05) is 0 Å². The van der Waals surface area contributed by atoms with E-state index < -0.39 is 28.9 Å². The van der Waals surface area contributed by atoms with Gasteiger partial charge in [-0.25, -0.2) is 0 Å². The van der Waals surface area contributed by atoms with E-state index in [0.717, 1.165) is 21.5 Å². The molecule has 5 aromatic carbocycles. The van der Waals surface area contributed by atoms with Crippen LogP contribution in [0.2, 0.25) is 32.7 Å². The zero-order chi connectivity index (χ0) is 30.1. The second kappa shape index (κ2) is 15.5. The van der Waals surface area contributed by atoms with Crippen LogP contribution in [0.4, 0.5) is 0 Å². The molecule has 0 atom stereocenters. The van der Waals surface area contributed by atoms with Crippen LogP contribution in [0, 0.1) is 6.07 Å². The molecule has 0 aliphatic heterocycles. The standard InChI is InChI=1S/C21H20NSi.C13H9.C2H6Si.2ClH.Zr/c1-23(2,3)18-12-15-8-6-9-19(20(15)13-18)17-11-16-7-4-5-10-21(16)22-14-17;1-3-7-12-10(5-1)9-11-6-2-4-8-13(11)12;1-3-2;;;/h4-14H,1-3H3;1-5,7-8H,9H2;1-2H3;2*1H;/q2*-1;;;;+4/p-2. The summed E-state index contributed by atoms with van der Waals surface area (Å²) in [6.45, 7) is 11.5. The van der Waals surface area contributed by atoms with Crippen LogP contribution < -0.4 is 5.19 Å². The molecule has 0 spiro atoms. The van der Waals surface area contributed by atoms with Gasteiger partial charge in [-0.15, -0.1) is 39.7 Å². The quantitative estimate of drug-likeness (QED) is 0.129. The fraction of sp³-hybridized carbons (Fsp3) is 0.167. The number of aromatic nitrogens is 1. The topological polar surface area (TPSA) is 12.9 Å². The summed E-state index contributed by atoms with van der Waals surface area (Å²) in [4.78, 5) is 4.63. The maximum Gasteiger partial charge on any atom is -0.0253 e. The van der Waals surface area contributed by atoms with Gasteiger partial charge in [0.2, 0.25) is 0 Å². The van der Waals surface area contributed by atoms with Crippen molar-refractivity contribution in [1.29, 1.82) is 0 Å². The van der Waals surface area contributed by atoms with E-state index in [9.17, 15) is 0 Å². The summed E-state index contributed by atoms with van der Waals surface area (Å²) in [5.41, 5.74) is 9.04. The number of hydrogen-bond acceptors (Lipinski definition) is 1. The van der Waals surface area contributed by atoms with Crippen LogP contribution >= 0.6 is 17.0 Å². The molecule has 6 heteroatoms. The number of hydrogen-bond donors (Lipinski definition) is 0. The number of pyridine rings is 1. The fourth-order valence-corrected chi connectivity index (χ4v) is 6.30. The zero-order valence-corrected chi connectivity index (χ0v) is 30.8. The Balaban J connectivity index is 0.000000179. The van der Waals surface area contributed by atoms with Crippen molar-refractivity contribution in [2.45, 2.75) is 39.2 Å². The smallest absolute Gasteiger partial charge is 0.0253 e. The molecule has 210 valence electrons. The summed E-state index contributed by atoms with van der Waals surface area (Å²) in [6.07, 6.45) is 3.05. The van der Waals surface area contributed by atoms with Crippen LogP contribution in [0.25, 0.3) is 43.9 Å². The van der Waals surface area contributed by atoms with Gasteiger partial charge < -0.3 is 0 Å². The Labute approximate surface area is 273 Å². The molecule has 7 rings (SSSR count). The van der Waals surface area contributed by atoms with E-state index in [2.05, 4.69) is 135 Å². The molecule has 6 aromatic rings. The molecule has 0 fully saturated rings. The van der Waals surface area contributed by atoms with E-state index in [1.165, 1.54) is 54.7 Å². The van der Waals surface area contributed by atoms with Gasteiger partial charge in [0.25, 0.3) is 0 Å². The minimum Gasteiger partial charge on any atom is -0.179 e. The monoisotopic (exact) mass is 697 g/mol. The van der Waals surface area contributed by atoms with Gasteiger partial charge in [0.1, 0.15) is 0 Å². The number of rotatable bonds is 2. The summed E-state index contributed by atoms with van der Waals surface area (Å²) in [5.74, 6) is 0. The zero-order valence-electron chi connectivity index (χ0n) is 24.8. The molecule has 0 bridgehead atoms. The molecule has 1 nitrogen and oxygen atoms in total. The average Bonchev–Trinajstić information content (AvgIpc) is 3.60. The SMILES string of the molecule is C[Si](C)(C)c1cc2c(-c3cnc4ccccc4c3)cccc2[cH-]1.C[Si]C.[Cl][Zr+2][Cl].[c-]1cccc2c1Cc1ccccc1-2. The van der Waals surface area contributed by atoms with Gasteiger partial charge in [0.15, 0.2) is 0 Å². The number of benzene rings is 4. The second-order valence-corrected chi connectivity index (χ2v) is 21.0. The van der Waals surface area contributed by atoms with Crippen molar-refractivity contribution in [3.63, 3.8) is 0 Å². The Morgan fingerprint density at radius 3 is 2.26 bits per heavy atom. The molecular weight excluding hydrogens is 665 g/mol. The van der Waals surface area contributed by atoms with Gasteiger partial charge in [-0.3, -0.25) is 4.98 Å². The summed E-state index contributed by atoms with van der Waals surface area (Å²) < 4.78 is 0. The molecule has 1 aromatic heterocycles. The molecule has 42 heavy (non-hydrogen) atoms. The summed E-state index contributed by atoms with van der Waals surface area (Å²) in [6, 6.07) is 40.0. The third kappa shape index (κ3) is 8.04. The average molecular weight is 700 g/mol. The van der Waals surface area contributed by atoms with Gasteiger partial charge >= 0.3 is 37.9 Å². The van der Waals surface area contributed by atoms with E-state index >= 15 is 0 Å². The predicted molar refractivity (Wildman–Crippen MR) is 186 cm³/mol. The number of nitrogens with zero attached hydrogens (tertiary/aromatic N) is 1. The third-order valence-electron chi connectivity index (χ3n) is 7.13. The molecule has 0 saturated heterocycles. The molecule has 2 radical (unpaired) electrons. The van der Waals surface area contributed by atoms with Crippen molar-refractivity contribution in [3.8, 4) is 22.3 Å². The fourth-order valence-electron chi connectivity index (χ4n) is 5.14. The van der Waals surface area contributed by atoms with Crippen molar-refractivity contribution >= 4 is 61.5 Å². The van der Waals surface area contributed by atoms with Crippen LogP contribution in [-0.4, -0.2) is 22.6 Å². The number of para-hydroxylation sites is 1. The minimum absolute atomic E-state index is 0.826. The van der Waals surface area contributed by atoms with Crippen LogP contribution in [0.1, 0.15) is 11.1 Å². The first-order valence-corrected chi connectivity index (χ1v) is 25.8. The molecule has 1 aliphatic carbocycles. The summed E-state index contributed by atoms with van der Waals surface area (Å²) in [5, 5.41) is 5.41. The molecule has 1 heterocycles. The van der Waals surface area contributed by atoms with E-state index in [-0.39, 0.29) is 0 Å². The predicted octanol–water partition coefficient (Wildman–Crippen LogP) is 10.5. The summed E-state index contributed by atoms with van der Waals surface area (Å²) in [7, 11) is 9.65. The van der Waals surface area contributed by atoms with Crippen LogP contribution in [0.15, 0.2) is 109 Å². The Hall–Kier alpha value is -2.20. The van der Waals surface area contributed by atoms with Gasteiger partial charge in [-0.1, -0.05) is 98.0 Å². The van der Waals surface area contributed by atoms with Crippen LogP contribution in [0.3, 0.4) is 0 Å². The van der Waals surface area contributed by atoms with Crippen molar-refractivity contribution in [2.24, 2.45) is 0 Å². The van der Waals surface area contributed by atoms with Gasteiger partial charge in [0.05, 0.1) is 13.6 Å². The van der Waals surface area contributed by atoms with Crippen molar-refractivity contribution in [1.82, 2.24) is 4.98 Å². The molecule has 0 amide bonds. The maximum absolute atomic E-state index is 4.93. The Morgan fingerprint density at radius 2 is 1.50 bits per heavy atom. The van der Waals surface area contributed by atoms with E-state index in [0.29, 0.717) is 0 Å². The first kappa shape index (κ1) is 32.7. The number of fused-ring (bicyclic) bond motifs is 5. The molecule has 0 N–H and O–H groups in total. The van der Waals surface area contributed by atoms with E-state index in [1.807, 2.05) is 18.3 Å². The second-order valence-electron chi connectivity index (χ2n) is 11.2. The number of halogens is 2. The van der Waals surface area contributed by atoms with Gasteiger partial charge in [0, 0.05) is 21.1 Å². The van der Waals surface area contributed by atoms with E-state index in [1.54, 1.807) is 0 Å². The minimum atomic E-state index is -1.30. The first-order chi connectivity index (χ1) is 20.3. The molecule has 0 saturated carbocycles. The van der Waals surface area contributed by atoms with Crippen molar-refractivity contribution < 1.29 is 20.8 Å². The first-order valence-electron chi connectivity index (χ1n) is 14.0. The largest absolute Gasteiger partial charge is 0.179 e. The Morgan fingerprint density at radius 1 is 0.833 bits per heavy atom. The van der Waals surface area contributed by atoms with Crippen LogP contribution in [0.5, 0.6) is 0 Å². The van der Waals surface area contributed by atoms with E-state index in [4.69, 9.17) is 17.0 Å². The van der Waals surface area contributed by atoms with Crippen molar-refractivity contribution in [3.05, 3.63) is 127 Å². The van der Waals surface area contributed by atoms with Gasteiger partial charge in [-0.05, 0) is 24.1 Å². The molecule has 1 aliphatic rings. The summed E-state index contributed by atoms with van der Waals surface area (Å²) >= 11 is -0.826. The Bertz CT molecular complexity index is 1710. The van der Waals surface area contributed by atoms with Crippen LogP contribution in [-0.2, 0) is 27.3 Å². The Kier molecular flexibility index (Phi) is 12.1.